The van der Waals surface area contributed by atoms with Crippen LogP contribution in [0.5, 0.6) is 0 Å². The van der Waals surface area contributed by atoms with Crippen LogP contribution in [0, 0.1) is 0 Å². The summed E-state index contributed by atoms with van der Waals surface area (Å²) in [6, 6.07) is 76.4. The van der Waals surface area contributed by atoms with E-state index >= 15 is 0 Å². The van der Waals surface area contributed by atoms with E-state index in [-0.39, 0.29) is 0 Å². The Bertz CT molecular complexity index is 3380. The topological polar surface area (TPSA) is 29.0 Å². The average molecular weight is 840 g/mol. The molecule has 0 N–H and O–H groups in total. The van der Waals surface area contributed by atoms with Crippen molar-refractivity contribution in [3.8, 4) is 55.9 Å². The standard InChI is InChI=1S/C58H37N3S2/c1-3-11-38(12-4-1)40-19-25-47(26-20-40)61(48-27-21-41(22-28-48)39-13-5-2-6-14-39)49-36-59-58(60-37-49)46-32-44(42-23-29-56-52(34-42)50-15-7-9-17-54(50)62-56)31-45(33-46)43-24-30-57-53(35-43)51-16-8-10-18-55(51)63-57/h1-37H. The predicted octanol–water partition coefficient (Wildman–Crippen LogP) is 17.0. The van der Waals surface area contributed by atoms with Gasteiger partial charge in [0.1, 0.15) is 0 Å². The number of benzene rings is 9. The van der Waals surface area contributed by atoms with E-state index in [1.807, 2.05) is 35.1 Å². The van der Waals surface area contributed by atoms with Gasteiger partial charge in [-0.25, -0.2) is 9.97 Å². The fraction of sp³-hybridized carbons (Fsp3) is 0. The van der Waals surface area contributed by atoms with Gasteiger partial charge in [0.15, 0.2) is 5.82 Å². The molecule has 3 aromatic heterocycles. The number of hydrogen-bond donors (Lipinski definition) is 0. The number of aromatic nitrogens is 2. The summed E-state index contributed by atoms with van der Waals surface area (Å²) < 4.78 is 5.19. The normalized spacial score (nSPS) is 11.5. The van der Waals surface area contributed by atoms with E-state index in [1.165, 1.54) is 62.6 Å². The zero-order valence-corrected chi connectivity index (χ0v) is 35.7. The van der Waals surface area contributed by atoms with Crippen molar-refractivity contribution in [1.82, 2.24) is 9.97 Å². The van der Waals surface area contributed by atoms with Crippen molar-refractivity contribution in [2.75, 3.05) is 4.90 Å². The number of anilines is 3. The molecule has 9 aromatic carbocycles. The van der Waals surface area contributed by atoms with E-state index in [4.69, 9.17) is 9.97 Å². The smallest absolute Gasteiger partial charge is 0.159 e. The van der Waals surface area contributed by atoms with Gasteiger partial charge >= 0.3 is 0 Å². The van der Waals surface area contributed by atoms with Gasteiger partial charge in [-0.2, -0.15) is 0 Å². The SMILES string of the molecule is c1ccc(-c2ccc(N(c3ccc(-c4ccccc4)cc3)c3cnc(-c4cc(-c5ccc6sc7ccccc7c6c5)cc(-c5ccc6sc7ccccc7c6c5)c4)nc3)cc2)cc1. The van der Waals surface area contributed by atoms with Crippen LogP contribution in [0.1, 0.15) is 0 Å². The summed E-state index contributed by atoms with van der Waals surface area (Å²) in [5.74, 6) is 0.671. The Morgan fingerprint density at radius 2 is 0.651 bits per heavy atom. The van der Waals surface area contributed by atoms with E-state index in [0.29, 0.717) is 5.82 Å². The fourth-order valence-electron chi connectivity index (χ4n) is 8.80. The van der Waals surface area contributed by atoms with Gasteiger partial charge in [0.25, 0.3) is 0 Å². The van der Waals surface area contributed by atoms with E-state index in [2.05, 4.69) is 217 Å². The number of thiophene rings is 2. The molecule has 0 aliphatic carbocycles. The lowest BCUT2D eigenvalue weighted by Gasteiger charge is -2.25. The fourth-order valence-corrected chi connectivity index (χ4v) is 11.0. The van der Waals surface area contributed by atoms with Crippen LogP contribution in [0.25, 0.3) is 96.2 Å². The molecule has 0 unspecified atom stereocenters. The van der Waals surface area contributed by atoms with Crippen LogP contribution in [0.3, 0.4) is 0 Å². The minimum atomic E-state index is 0.671. The minimum absolute atomic E-state index is 0.671. The molecule has 0 spiro atoms. The second-order valence-electron chi connectivity index (χ2n) is 15.8. The zero-order chi connectivity index (χ0) is 41.7. The Kier molecular flexibility index (Phi) is 9.21. The Morgan fingerprint density at radius 1 is 0.270 bits per heavy atom. The summed E-state index contributed by atoms with van der Waals surface area (Å²) in [6.45, 7) is 0. The van der Waals surface area contributed by atoms with Crippen molar-refractivity contribution in [3.05, 3.63) is 225 Å². The lowest BCUT2D eigenvalue weighted by Crippen LogP contribution is -2.11. The first-order valence-electron chi connectivity index (χ1n) is 21.1. The van der Waals surface area contributed by atoms with Crippen molar-refractivity contribution in [2.45, 2.75) is 0 Å². The molecule has 3 nitrogen and oxygen atoms in total. The van der Waals surface area contributed by atoms with Gasteiger partial charge in [0.2, 0.25) is 0 Å². The first-order chi connectivity index (χ1) is 31.2. The molecular formula is C58H37N3S2. The summed E-state index contributed by atoms with van der Waals surface area (Å²) in [6.07, 6.45) is 3.91. The van der Waals surface area contributed by atoms with Crippen molar-refractivity contribution in [3.63, 3.8) is 0 Å². The Morgan fingerprint density at radius 3 is 1.13 bits per heavy atom. The van der Waals surface area contributed by atoms with E-state index in [0.717, 1.165) is 44.9 Å². The molecular weight excluding hydrogens is 803 g/mol. The molecule has 0 radical (unpaired) electrons. The molecule has 0 aliphatic rings. The van der Waals surface area contributed by atoms with Gasteiger partial charge in [-0.05, 0) is 123 Å². The summed E-state index contributed by atoms with van der Waals surface area (Å²) in [5.41, 5.74) is 13.2. The highest BCUT2D eigenvalue weighted by Gasteiger charge is 2.17. The molecule has 0 saturated heterocycles. The molecule has 3 heterocycles. The maximum atomic E-state index is 5.14. The molecule has 0 aliphatic heterocycles. The molecule has 0 amide bonds. The number of hydrogen-bond acceptors (Lipinski definition) is 5. The van der Waals surface area contributed by atoms with Crippen molar-refractivity contribution in [1.29, 1.82) is 0 Å². The van der Waals surface area contributed by atoms with Crippen LogP contribution < -0.4 is 4.90 Å². The largest absolute Gasteiger partial charge is 0.308 e. The molecule has 0 atom stereocenters. The van der Waals surface area contributed by atoms with Gasteiger partial charge in [-0.3, -0.25) is 0 Å². The molecule has 63 heavy (non-hydrogen) atoms. The first kappa shape index (κ1) is 37.1. The number of nitrogens with zero attached hydrogens (tertiary/aromatic N) is 3. The Balaban J connectivity index is 0.970. The van der Waals surface area contributed by atoms with E-state index in [9.17, 15) is 0 Å². The monoisotopic (exact) mass is 839 g/mol. The average Bonchev–Trinajstić information content (AvgIpc) is 3.93. The minimum Gasteiger partial charge on any atom is -0.308 e. The van der Waals surface area contributed by atoms with E-state index in [1.54, 1.807) is 0 Å². The highest BCUT2D eigenvalue weighted by atomic mass is 32.1. The zero-order valence-electron chi connectivity index (χ0n) is 34.0. The molecule has 0 bridgehead atoms. The van der Waals surface area contributed by atoms with Crippen molar-refractivity contribution in [2.24, 2.45) is 0 Å². The molecule has 5 heteroatoms. The van der Waals surface area contributed by atoms with Crippen LogP contribution in [0.2, 0.25) is 0 Å². The second kappa shape index (κ2) is 15.6. The lowest BCUT2D eigenvalue weighted by molar-refractivity contribution is 1.14. The lowest BCUT2D eigenvalue weighted by atomic mass is 9.94. The van der Waals surface area contributed by atoms with E-state index < -0.39 is 0 Å². The third-order valence-corrected chi connectivity index (χ3v) is 14.3. The summed E-state index contributed by atoms with van der Waals surface area (Å²) in [4.78, 5) is 12.5. The quantitative estimate of drug-likeness (QED) is 0.153. The Hall–Kier alpha value is -7.70. The van der Waals surface area contributed by atoms with Gasteiger partial charge < -0.3 is 4.90 Å². The van der Waals surface area contributed by atoms with Crippen molar-refractivity contribution < 1.29 is 0 Å². The first-order valence-corrected chi connectivity index (χ1v) is 22.7. The van der Waals surface area contributed by atoms with Gasteiger partial charge in [0.05, 0.1) is 18.1 Å². The van der Waals surface area contributed by atoms with Crippen molar-refractivity contribution >= 4 is 80.1 Å². The summed E-state index contributed by atoms with van der Waals surface area (Å²) in [5, 5.41) is 5.14. The molecule has 12 rings (SSSR count). The van der Waals surface area contributed by atoms with Gasteiger partial charge in [-0.1, -0.05) is 133 Å². The summed E-state index contributed by atoms with van der Waals surface area (Å²) >= 11 is 3.69. The van der Waals surface area contributed by atoms with Crippen LogP contribution in [-0.4, -0.2) is 9.97 Å². The van der Waals surface area contributed by atoms with Crippen LogP contribution >= 0.6 is 22.7 Å². The molecule has 0 saturated carbocycles. The second-order valence-corrected chi connectivity index (χ2v) is 18.0. The maximum Gasteiger partial charge on any atom is 0.159 e. The van der Waals surface area contributed by atoms with Crippen LogP contribution in [0.15, 0.2) is 225 Å². The number of rotatable bonds is 8. The number of fused-ring (bicyclic) bond motifs is 6. The Labute approximate surface area is 373 Å². The molecule has 296 valence electrons. The highest BCUT2D eigenvalue weighted by molar-refractivity contribution is 7.26. The van der Waals surface area contributed by atoms with Crippen LogP contribution in [0.4, 0.5) is 17.1 Å². The van der Waals surface area contributed by atoms with Gasteiger partial charge in [-0.15, -0.1) is 22.7 Å². The third kappa shape index (κ3) is 6.94. The maximum absolute atomic E-state index is 5.14. The molecule has 12 aromatic rings. The predicted molar refractivity (Wildman–Crippen MR) is 270 cm³/mol. The van der Waals surface area contributed by atoms with Crippen LogP contribution in [-0.2, 0) is 0 Å². The molecule has 0 fully saturated rings. The third-order valence-electron chi connectivity index (χ3n) is 12.0. The van der Waals surface area contributed by atoms with Gasteiger partial charge in [0, 0.05) is 57.3 Å². The summed E-state index contributed by atoms with van der Waals surface area (Å²) in [7, 11) is 0. The highest BCUT2D eigenvalue weighted by Crippen LogP contribution is 2.42.